The maximum atomic E-state index is 13.7. The Morgan fingerprint density at radius 3 is 2.56 bits per heavy atom. The predicted octanol–water partition coefficient (Wildman–Crippen LogP) is 4.03. The van der Waals surface area contributed by atoms with E-state index < -0.39 is 11.9 Å². The minimum atomic E-state index is -0.610. The summed E-state index contributed by atoms with van der Waals surface area (Å²) in [5.41, 5.74) is 2.21. The molecule has 0 radical (unpaired) electrons. The normalized spacial score (nSPS) is 13.4. The standard InChI is InChI=1S/C19H18ClFN2O4/c1-25-17-7-12-5-6-23(11-14(12)8-18(17)26-2)19(24)27-22-10-13-3-4-15(20)9-16(13)21/h3-4,7-10H,5-6,11H2,1-2H3/b22-10+. The number of oxime groups is 1. The van der Waals surface area contributed by atoms with Crippen molar-refractivity contribution in [3.8, 4) is 11.5 Å². The largest absolute Gasteiger partial charge is 0.493 e. The summed E-state index contributed by atoms with van der Waals surface area (Å²) in [6.45, 7) is 0.839. The van der Waals surface area contributed by atoms with Gasteiger partial charge in [-0.05, 0) is 47.9 Å². The zero-order valence-corrected chi connectivity index (χ0v) is 15.6. The molecule has 0 fully saturated rings. The molecule has 2 aromatic rings. The molecule has 2 aromatic carbocycles. The zero-order chi connectivity index (χ0) is 19.4. The van der Waals surface area contributed by atoms with E-state index in [1.165, 1.54) is 17.0 Å². The van der Waals surface area contributed by atoms with E-state index in [1.54, 1.807) is 14.2 Å². The van der Waals surface area contributed by atoms with Crippen LogP contribution in [-0.4, -0.2) is 38.0 Å². The minimum absolute atomic E-state index is 0.174. The van der Waals surface area contributed by atoms with Crippen LogP contribution < -0.4 is 9.47 Å². The summed E-state index contributed by atoms with van der Waals surface area (Å²) in [6, 6.07) is 7.90. The lowest BCUT2D eigenvalue weighted by Gasteiger charge is -2.27. The number of hydrogen-bond donors (Lipinski definition) is 0. The highest BCUT2D eigenvalue weighted by Gasteiger charge is 2.24. The van der Waals surface area contributed by atoms with E-state index in [1.807, 2.05) is 12.1 Å². The molecule has 0 aromatic heterocycles. The third-order valence-corrected chi connectivity index (χ3v) is 4.50. The van der Waals surface area contributed by atoms with Crippen molar-refractivity contribution >= 4 is 23.9 Å². The van der Waals surface area contributed by atoms with E-state index in [-0.39, 0.29) is 10.6 Å². The number of methoxy groups -OCH3 is 2. The lowest BCUT2D eigenvalue weighted by Crippen LogP contribution is -2.35. The molecule has 0 N–H and O–H groups in total. The van der Waals surface area contributed by atoms with Gasteiger partial charge in [0.05, 0.1) is 20.4 Å². The van der Waals surface area contributed by atoms with Crippen molar-refractivity contribution in [3.05, 3.63) is 57.9 Å². The molecule has 1 amide bonds. The summed E-state index contributed by atoms with van der Waals surface area (Å²) in [7, 11) is 3.14. The van der Waals surface area contributed by atoms with Gasteiger partial charge in [0, 0.05) is 23.7 Å². The number of nitrogens with zero attached hydrogens (tertiary/aromatic N) is 2. The summed E-state index contributed by atoms with van der Waals surface area (Å²) >= 11 is 5.69. The van der Waals surface area contributed by atoms with E-state index in [2.05, 4.69) is 5.16 Å². The van der Waals surface area contributed by atoms with Crippen molar-refractivity contribution < 1.29 is 23.5 Å². The van der Waals surface area contributed by atoms with Crippen molar-refractivity contribution in [2.45, 2.75) is 13.0 Å². The van der Waals surface area contributed by atoms with E-state index in [0.29, 0.717) is 31.0 Å². The van der Waals surface area contributed by atoms with Crippen molar-refractivity contribution in [1.82, 2.24) is 4.90 Å². The van der Waals surface area contributed by atoms with Gasteiger partial charge < -0.3 is 14.4 Å². The van der Waals surface area contributed by atoms with Crippen LogP contribution in [0.25, 0.3) is 0 Å². The Morgan fingerprint density at radius 1 is 1.19 bits per heavy atom. The summed E-state index contributed by atoms with van der Waals surface area (Å²) in [6.07, 6.45) is 1.18. The monoisotopic (exact) mass is 392 g/mol. The molecule has 0 spiro atoms. The fraction of sp³-hybridized carbons (Fsp3) is 0.263. The Morgan fingerprint density at radius 2 is 1.89 bits per heavy atom. The second-order valence-electron chi connectivity index (χ2n) is 5.90. The van der Waals surface area contributed by atoms with Gasteiger partial charge in [-0.25, -0.2) is 9.18 Å². The molecule has 1 aliphatic rings. The molecule has 0 saturated heterocycles. The van der Waals surface area contributed by atoms with E-state index >= 15 is 0 Å². The highest BCUT2D eigenvalue weighted by molar-refractivity contribution is 6.30. The summed E-state index contributed by atoms with van der Waals surface area (Å²) in [4.78, 5) is 18.6. The summed E-state index contributed by atoms with van der Waals surface area (Å²) < 4.78 is 24.3. The molecule has 1 aliphatic heterocycles. The highest BCUT2D eigenvalue weighted by atomic mass is 35.5. The number of benzene rings is 2. The molecule has 3 rings (SSSR count). The Hall–Kier alpha value is -2.80. The first-order chi connectivity index (χ1) is 13.0. The Balaban J connectivity index is 1.66. The van der Waals surface area contributed by atoms with Gasteiger partial charge in [-0.3, -0.25) is 4.84 Å². The first-order valence-corrected chi connectivity index (χ1v) is 8.57. The minimum Gasteiger partial charge on any atom is -0.493 e. The second-order valence-corrected chi connectivity index (χ2v) is 6.34. The zero-order valence-electron chi connectivity index (χ0n) is 14.9. The summed E-state index contributed by atoms with van der Waals surface area (Å²) in [5.74, 6) is 0.708. The first-order valence-electron chi connectivity index (χ1n) is 8.20. The molecule has 0 saturated carbocycles. The molecule has 0 unspecified atom stereocenters. The Bertz CT molecular complexity index is 888. The van der Waals surface area contributed by atoms with Crippen LogP contribution in [0, 0.1) is 5.82 Å². The molecule has 8 heteroatoms. The van der Waals surface area contributed by atoms with Crippen LogP contribution in [0.5, 0.6) is 11.5 Å². The number of hydrogen-bond acceptors (Lipinski definition) is 5. The molecular weight excluding hydrogens is 375 g/mol. The van der Waals surface area contributed by atoms with Crippen molar-refractivity contribution in [1.29, 1.82) is 0 Å². The topological polar surface area (TPSA) is 60.4 Å². The van der Waals surface area contributed by atoms with Crippen molar-refractivity contribution in [2.24, 2.45) is 5.16 Å². The van der Waals surface area contributed by atoms with Crippen LogP contribution in [-0.2, 0) is 17.8 Å². The number of fused-ring (bicyclic) bond motifs is 1. The van der Waals surface area contributed by atoms with Crippen molar-refractivity contribution in [3.63, 3.8) is 0 Å². The third kappa shape index (κ3) is 4.31. The SMILES string of the molecule is COc1cc2c(cc1OC)CN(C(=O)O/N=C/c1ccc(Cl)cc1F)CC2. The van der Waals surface area contributed by atoms with Gasteiger partial charge in [0.2, 0.25) is 0 Å². The van der Waals surface area contributed by atoms with Crippen LogP contribution >= 0.6 is 11.6 Å². The first kappa shape index (κ1) is 19.0. The summed E-state index contributed by atoms with van der Waals surface area (Å²) in [5, 5.41) is 3.86. The van der Waals surface area contributed by atoms with Crippen LogP contribution in [0.3, 0.4) is 0 Å². The van der Waals surface area contributed by atoms with Gasteiger partial charge in [-0.2, -0.15) is 0 Å². The molecule has 142 valence electrons. The van der Waals surface area contributed by atoms with Crippen LogP contribution in [0.4, 0.5) is 9.18 Å². The quantitative estimate of drug-likeness (QED) is 0.448. The van der Waals surface area contributed by atoms with Gasteiger partial charge in [0.25, 0.3) is 0 Å². The fourth-order valence-electron chi connectivity index (χ4n) is 2.83. The van der Waals surface area contributed by atoms with E-state index in [0.717, 1.165) is 23.4 Å². The van der Waals surface area contributed by atoms with E-state index in [9.17, 15) is 9.18 Å². The molecular formula is C19H18ClFN2O4. The molecule has 0 atom stereocenters. The number of rotatable bonds is 4. The van der Waals surface area contributed by atoms with Gasteiger partial charge >= 0.3 is 6.09 Å². The highest BCUT2D eigenvalue weighted by Crippen LogP contribution is 2.33. The van der Waals surface area contributed by atoms with Gasteiger partial charge in [0.1, 0.15) is 5.82 Å². The fourth-order valence-corrected chi connectivity index (χ4v) is 2.99. The lowest BCUT2D eigenvalue weighted by atomic mass is 9.99. The van der Waals surface area contributed by atoms with Gasteiger partial charge in [-0.1, -0.05) is 16.8 Å². The number of carbonyl (C=O) groups is 1. The van der Waals surface area contributed by atoms with Crippen LogP contribution in [0.15, 0.2) is 35.5 Å². The maximum Gasteiger partial charge on any atom is 0.436 e. The van der Waals surface area contributed by atoms with Gasteiger partial charge in [0.15, 0.2) is 11.5 Å². The second kappa shape index (κ2) is 8.26. The number of halogens is 2. The molecule has 27 heavy (non-hydrogen) atoms. The van der Waals surface area contributed by atoms with E-state index in [4.69, 9.17) is 25.9 Å². The molecule has 1 heterocycles. The average Bonchev–Trinajstić information content (AvgIpc) is 2.67. The van der Waals surface area contributed by atoms with Gasteiger partial charge in [-0.15, -0.1) is 0 Å². The molecule has 6 nitrogen and oxygen atoms in total. The smallest absolute Gasteiger partial charge is 0.436 e. The number of ether oxygens (including phenoxy) is 2. The molecule has 0 aliphatic carbocycles. The Kier molecular flexibility index (Phi) is 5.81. The number of amides is 1. The lowest BCUT2D eigenvalue weighted by molar-refractivity contribution is 0.101. The van der Waals surface area contributed by atoms with Crippen LogP contribution in [0.1, 0.15) is 16.7 Å². The maximum absolute atomic E-state index is 13.7. The molecule has 0 bridgehead atoms. The van der Waals surface area contributed by atoms with Crippen LogP contribution in [0.2, 0.25) is 5.02 Å². The Labute approximate surface area is 161 Å². The predicted molar refractivity (Wildman–Crippen MR) is 99.1 cm³/mol. The third-order valence-electron chi connectivity index (χ3n) is 4.26. The number of carbonyl (C=O) groups excluding carboxylic acids is 1. The average molecular weight is 393 g/mol. The van der Waals surface area contributed by atoms with Crippen molar-refractivity contribution in [2.75, 3.05) is 20.8 Å².